The largest absolute Gasteiger partial charge is 0.481 e. The summed E-state index contributed by atoms with van der Waals surface area (Å²) in [5.74, 6) is -0.873. The molecule has 4 nitrogen and oxygen atoms in total. The predicted molar refractivity (Wildman–Crippen MR) is 72.7 cm³/mol. The van der Waals surface area contributed by atoms with E-state index in [4.69, 9.17) is 0 Å². The van der Waals surface area contributed by atoms with Crippen molar-refractivity contribution in [1.29, 1.82) is 0 Å². The lowest BCUT2D eigenvalue weighted by Gasteiger charge is -2.38. The van der Waals surface area contributed by atoms with Crippen LogP contribution in [0.5, 0.6) is 0 Å². The molecule has 1 saturated carbocycles. The van der Waals surface area contributed by atoms with Crippen LogP contribution in [0, 0.1) is 17.3 Å². The first-order valence-electron chi connectivity index (χ1n) is 7.52. The summed E-state index contributed by atoms with van der Waals surface area (Å²) in [6.45, 7) is 5.04. The number of hydrogen-bond donors (Lipinski definition) is 1. The van der Waals surface area contributed by atoms with Crippen LogP contribution in [0.1, 0.15) is 52.4 Å². The van der Waals surface area contributed by atoms with Crippen molar-refractivity contribution in [3.63, 3.8) is 0 Å². The molecule has 1 saturated heterocycles. The Kier molecular flexibility index (Phi) is 4.16. The molecule has 0 aromatic carbocycles. The number of hydrogen-bond acceptors (Lipinski definition) is 2. The van der Waals surface area contributed by atoms with Crippen molar-refractivity contribution >= 4 is 11.9 Å². The van der Waals surface area contributed by atoms with Crippen LogP contribution in [0.3, 0.4) is 0 Å². The Morgan fingerprint density at radius 1 is 1.21 bits per heavy atom. The zero-order valence-corrected chi connectivity index (χ0v) is 12.0. The highest BCUT2D eigenvalue weighted by Gasteiger charge is 2.45. The average Bonchev–Trinajstić information content (AvgIpc) is 2.81. The number of carboxylic acids is 1. The fraction of sp³-hybridized carbons (Fsp3) is 0.867. The van der Waals surface area contributed by atoms with Crippen LogP contribution < -0.4 is 0 Å². The SMILES string of the molecule is CCC1(C(=O)N2C[C@@H](C)[C@H](C(=O)O)C2)CCCCC1. The van der Waals surface area contributed by atoms with Gasteiger partial charge < -0.3 is 10.0 Å². The van der Waals surface area contributed by atoms with Crippen LogP contribution in [0.25, 0.3) is 0 Å². The first-order chi connectivity index (χ1) is 9.00. The molecule has 19 heavy (non-hydrogen) atoms. The van der Waals surface area contributed by atoms with Gasteiger partial charge in [-0.05, 0) is 25.2 Å². The Bertz CT molecular complexity index is 360. The van der Waals surface area contributed by atoms with Crippen molar-refractivity contribution in [1.82, 2.24) is 4.90 Å². The molecule has 1 heterocycles. The predicted octanol–water partition coefficient (Wildman–Crippen LogP) is 2.53. The first kappa shape index (κ1) is 14.4. The van der Waals surface area contributed by atoms with E-state index in [0.29, 0.717) is 13.1 Å². The van der Waals surface area contributed by atoms with Gasteiger partial charge in [0.25, 0.3) is 0 Å². The zero-order chi connectivity index (χ0) is 14.0. The summed E-state index contributed by atoms with van der Waals surface area (Å²) >= 11 is 0. The molecule has 2 rings (SSSR count). The summed E-state index contributed by atoms with van der Waals surface area (Å²) in [4.78, 5) is 25.8. The molecule has 1 N–H and O–H groups in total. The lowest BCUT2D eigenvalue weighted by Crippen LogP contribution is -2.44. The molecule has 0 spiro atoms. The maximum Gasteiger partial charge on any atom is 0.308 e. The molecule has 0 aromatic heterocycles. The van der Waals surface area contributed by atoms with Crippen molar-refractivity contribution in [2.24, 2.45) is 17.3 Å². The highest BCUT2D eigenvalue weighted by Crippen LogP contribution is 2.42. The fourth-order valence-electron chi connectivity index (χ4n) is 3.74. The molecular formula is C15H25NO3. The van der Waals surface area contributed by atoms with Gasteiger partial charge in [0.15, 0.2) is 0 Å². The zero-order valence-electron chi connectivity index (χ0n) is 12.0. The molecule has 0 radical (unpaired) electrons. The second kappa shape index (κ2) is 5.51. The molecule has 0 aromatic rings. The smallest absolute Gasteiger partial charge is 0.308 e. The van der Waals surface area contributed by atoms with Gasteiger partial charge >= 0.3 is 5.97 Å². The first-order valence-corrected chi connectivity index (χ1v) is 7.52. The van der Waals surface area contributed by atoms with E-state index in [1.165, 1.54) is 6.42 Å². The van der Waals surface area contributed by atoms with Gasteiger partial charge in [0, 0.05) is 18.5 Å². The summed E-state index contributed by atoms with van der Waals surface area (Å²) in [6.07, 6.45) is 6.32. The minimum atomic E-state index is -0.767. The number of carbonyl (C=O) groups is 2. The van der Waals surface area contributed by atoms with Gasteiger partial charge in [-0.3, -0.25) is 9.59 Å². The molecule has 0 bridgehead atoms. The summed E-state index contributed by atoms with van der Waals surface area (Å²) < 4.78 is 0. The lowest BCUT2D eigenvalue weighted by atomic mass is 9.71. The van der Waals surface area contributed by atoms with E-state index in [-0.39, 0.29) is 23.2 Å². The van der Waals surface area contributed by atoms with E-state index in [0.717, 1.165) is 32.1 Å². The molecule has 2 aliphatic rings. The quantitative estimate of drug-likeness (QED) is 0.855. The van der Waals surface area contributed by atoms with Crippen LogP contribution >= 0.6 is 0 Å². The Morgan fingerprint density at radius 2 is 1.84 bits per heavy atom. The molecule has 108 valence electrons. The number of nitrogens with zero attached hydrogens (tertiary/aromatic N) is 1. The number of likely N-dealkylation sites (tertiary alicyclic amines) is 1. The standard InChI is InChI=1S/C15H25NO3/c1-3-15(7-5-4-6-8-15)14(19)16-9-11(2)12(10-16)13(17)18/h11-12H,3-10H2,1-2H3,(H,17,18)/t11-,12-/m1/s1. The summed E-state index contributed by atoms with van der Waals surface area (Å²) in [6, 6.07) is 0. The molecule has 4 heteroatoms. The van der Waals surface area contributed by atoms with Crippen LogP contribution in [-0.4, -0.2) is 35.0 Å². The van der Waals surface area contributed by atoms with Crippen LogP contribution in [0.2, 0.25) is 0 Å². The van der Waals surface area contributed by atoms with Crippen molar-refractivity contribution in [3.8, 4) is 0 Å². The van der Waals surface area contributed by atoms with Gasteiger partial charge in [-0.1, -0.05) is 33.1 Å². The third kappa shape index (κ3) is 2.63. The molecular weight excluding hydrogens is 242 g/mol. The lowest BCUT2D eigenvalue weighted by molar-refractivity contribution is -0.145. The summed E-state index contributed by atoms with van der Waals surface area (Å²) in [7, 11) is 0. The molecule has 0 unspecified atom stereocenters. The molecule has 2 atom stereocenters. The molecule has 1 amide bonds. The number of carbonyl (C=O) groups excluding carboxylic acids is 1. The van der Waals surface area contributed by atoms with Gasteiger partial charge in [-0.15, -0.1) is 0 Å². The number of aliphatic carboxylic acids is 1. The number of carboxylic acid groups (broad SMARTS) is 1. The van der Waals surface area contributed by atoms with Crippen LogP contribution in [0.4, 0.5) is 0 Å². The third-order valence-electron chi connectivity index (χ3n) is 5.16. The van der Waals surface area contributed by atoms with Gasteiger partial charge in [-0.25, -0.2) is 0 Å². The van der Waals surface area contributed by atoms with Gasteiger partial charge in [0.2, 0.25) is 5.91 Å². The van der Waals surface area contributed by atoms with Gasteiger partial charge in [0.05, 0.1) is 5.92 Å². The molecule has 1 aliphatic heterocycles. The minimum Gasteiger partial charge on any atom is -0.481 e. The van der Waals surface area contributed by atoms with E-state index in [1.54, 1.807) is 0 Å². The summed E-state index contributed by atoms with van der Waals surface area (Å²) in [5, 5.41) is 9.18. The Morgan fingerprint density at radius 3 is 2.32 bits per heavy atom. The monoisotopic (exact) mass is 267 g/mol. The maximum absolute atomic E-state index is 12.8. The third-order valence-corrected chi connectivity index (χ3v) is 5.16. The Labute approximate surface area is 115 Å². The van der Waals surface area contributed by atoms with Crippen molar-refractivity contribution in [3.05, 3.63) is 0 Å². The number of rotatable bonds is 3. The van der Waals surface area contributed by atoms with Gasteiger partial charge in [-0.2, -0.15) is 0 Å². The molecule has 2 fully saturated rings. The highest BCUT2D eigenvalue weighted by molar-refractivity contribution is 5.84. The topological polar surface area (TPSA) is 57.6 Å². The second-order valence-corrected chi connectivity index (χ2v) is 6.33. The normalized spacial score (nSPS) is 30.3. The fourth-order valence-corrected chi connectivity index (χ4v) is 3.74. The maximum atomic E-state index is 12.8. The Hall–Kier alpha value is -1.06. The second-order valence-electron chi connectivity index (χ2n) is 6.33. The summed E-state index contributed by atoms with van der Waals surface area (Å²) in [5.41, 5.74) is -0.203. The van der Waals surface area contributed by atoms with E-state index < -0.39 is 5.97 Å². The van der Waals surface area contributed by atoms with Crippen molar-refractivity contribution < 1.29 is 14.7 Å². The van der Waals surface area contributed by atoms with E-state index in [2.05, 4.69) is 6.92 Å². The highest BCUT2D eigenvalue weighted by atomic mass is 16.4. The number of amides is 1. The van der Waals surface area contributed by atoms with Gasteiger partial charge in [0.1, 0.15) is 0 Å². The van der Waals surface area contributed by atoms with Crippen molar-refractivity contribution in [2.45, 2.75) is 52.4 Å². The minimum absolute atomic E-state index is 0.0685. The van der Waals surface area contributed by atoms with E-state index in [1.807, 2.05) is 11.8 Å². The van der Waals surface area contributed by atoms with Crippen LogP contribution in [0.15, 0.2) is 0 Å². The van der Waals surface area contributed by atoms with E-state index >= 15 is 0 Å². The van der Waals surface area contributed by atoms with E-state index in [9.17, 15) is 14.7 Å². The van der Waals surface area contributed by atoms with Crippen LogP contribution in [-0.2, 0) is 9.59 Å². The van der Waals surface area contributed by atoms with Crippen molar-refractivity contribution in [2.75, 3.05) is 13.1 Å². The average molecular weight is 267 g/mol. The Balaban J connectivity index is 2.09. The molecule has 1 aliphatic carbocycles.